The minimum Gasteiger partial charge on any atom is -0.377 e. The summed E-state index contributed by atoms with van der Waals surface area (Å²) in [6.45, 7) is 6.83. The molecule has 1 N–H and O–H groups in total. The third kappa shape index (κ3) is 3.87. The Kier molecular flexibility index (Phi) is 5.10. The Hall–Kier alpha value is -1.40. The van der Waals surface area contributed by atoms with E-state index in [2.05, 4.69) is 15.3 Å². The average molecular weight is 306 g/mol. The largest absolute Gasteiger partial charge is 0.377 e. The second-order valence-electron chi connectivity index (χ2n) is 6.24. The highest BCUT2D eigenvalue weighted by atomic mass is 16.5. The fourth-order valence-electron chi connectivity index (χ4n) is 3.25. The monoisotopic (exact) mass is 306 g/mol. The maximum absolute atomic E-state index is 12.2. The second-order valence-corrected chi connectivity index (χ2v) is 6.24. The van der Waals surface area contributed by atoms with Crippen molar-refractivity contribution in [2.24, 2.45) is 0 Å². The lowest BCUT2D eigenvalue weighted by molar-refractivity contribution is 0.0612. The third-order valence-corrected chi connectivity index (χ3v) is 4.61. The maximum atomic E-state index is 12.2. The van der Waals surface area contributed by atoms with Crippen molar-refractivity contribution >= 4 is 5.91 Å². The Morgan fingerprint density at radius 2 is 2.23 bits per heavy atom. The minimum absolute atomic E-state index is 0.0511. The smallest absolute Gasteiger partial charge is 0.271 e. The number of amides is 1. The van der Waals surface area contributed by atoms with Crippen molar-refractivity contribution in [3.05, 3.63) is 18.0 Å². The number of aromatic nitrogens is 2. The van der Waals surface area contributed by atoms with Gasteiger partial charge in [0.1, 0.15) is 5.69 Å². The molecule has 2 aliphatic rings. The Morgan fingerprint density at radius 1 is 1.41 bits per heavy atom. The van der Waals surface area contributed by atoms with Gasteiger partial charge in [-0.05, 0) is 38.7 Å². The van der Waals surface area contributed by atoms with Gasteiger partial charge in [-0.25, -0.2) is 0 Å². The Morgan fingerprint density at radius 3 is 2.86 bits per heavy atom. The summed E-state index contributed by atoms with van der Waals surface area (Å²) in [5.41, 5.74) is 0.517. The average Bonchev–Trinajstić information content (AvgIpc) is 3.20. The molecule has 122 valence electrons. The number of carbonyl (C=O) groups excluding carboxylic acids is 1. The molecule has 0 unspecified atom stereocenters. The molecule has 3 heterocycles. The van der Waals surface area contributed by atoms with Crippen molar-refractivity contribution in [3.63, 3.8) is 0 Å². The normalized spacial score (nSPS) is 23.8. The molecular formula is C16H26N4O2. The summed E-state index contributed by atoms with van der Waals surface area (Å²) in [6, 6.07) is 2.05. The van der Waals surface area contributed by atoms with Gasteiger partial charge in [0.25, 0.3) is 5.91 Å². The van der Waals surface area contributed by atoms with Gasteiger partial charge in [-0.1, -0.05) is 0 Å². The lowest BCUT2D eigenvalue weighted by Crippen LogP contribution is -2.46. The highest BCUT2D eigenvalue weighted by molar-refractivity contribution is 5.92. The van der Waals surface area contributed by atoms with E-state index >= 15 is 0 Å². The molecule has 0 saturated carbocycles. The number of piperidine rings is 1. The molecule has 1 aromatic heterocycles. The number of nitrogens with zero attached hydrogens (tertiary/aromatic N) is 3. The molecule has 0 bridgehead atoms. The molecule has 1 aromatic rings. The predicted molar refractivity (Wildman–Crippen MR) is 83.8 cm³/mol. The van der Waals surface area contributed by atoms with Crippen molar-refractivity contribution in [1.82, 2.24) is 20.0 Å². The molecule has 2 aliphatic heterocycles. The molecular weight excluding hydrogens is 280 g/mol. The molecule has 3 rings (SSSR count). The van der Waals surface area contributed by atoms with Crippen LogP contribution in [0.4, 0.5) is 0 Å². The van der Waals surface area contributed by atoms with Crippen LogP contribution in [0.3, 0.4) is 0 Å². The molecule has 0 radical (unpaired) electrons. The zero-order valence-electron chi connectivity index (χ0n) is 13.3. The lowest BCUT2D eigenvalue weighted by atomic mass is 10.0. The van der Waals surface area contributed by atoms with Crippen LogP contribution in [0.1, 0.15) is 43.1 Å². The first-order chi connectivity index (χ1) is 10.7. The SMILES string of the molecule is CCn1ccc(C(=O)NC2CCN(C[C@H]3CCCO3)CC2)n1. The fourth-order valence-corrected chi connectivity index (χ4v) is 3.25. The van der Waals surface area contributed by atoms with Gasteiger partial charge in [0.05, 0.1) is 6.10 Å². The second kappa shape index (κ2) is 7.24. The quantitative estimate of drug-likeness (QED) is 0.890. The van der Waals surface area contributed by atoms with Gasteiger partial charge >= 0.3 is 0 Å². The molecule has 1 amide bonds. The van der Waals surface area contributed by atoms with Crippen LogP contribution in [0.25, 0.3) is 0 Å². The molecule has 2 saturated heterocycles. The van der Waals surface area contributed by atoms with E-state index in [1.54, 1.807) is 10.7 Å². The van der Waals surface area contributed by atoms with Gasteiger partial charge in [-0.2, -0.15) is 5.10 Å². The van der Waals surface area contributed by atoms with Crippen LogP contribution in [0.15, 0.2) is 12.3 Å². The number of carbonyl (C=O) groups is 1. The van der Waals surface area contributed by atoms with Crippen LogP contribution in [0.5, 0.6) is 0 Å². The van der Waals surface area contributed by atoms with Crippen molar-refractivity contribution in [2.45, 2.75) is 51.3 Å². The van der Waals surface area contributed by atoms with Crippen LogP contribution >= 0.6 is 0 Å². The van der Waals surface area contributed by atoms with E-state index in [1.165, 1.54) is 12.8 Å². The molecule has 6 heteroatoms. The van der Waals surface area contributed by atoms with E-state index in [4.69, 9.17) is 4.74 Å². The molecule has 0 aromatic carbocycles. The molecule has 0 spiro atoms. The maximum Gasteiger partial charge on any atom is 0.271 e. The van der Waals surface area contributed by atoms with Gasteiger partial charge in [0.2, 0.25) is 0 Å². The molecule has 6 nitrogen and oxygen atoms in total. The van der Waals surface area contributed by atoms with Gasteiger partial charge in [0.15, 0.2) is 0 Å². The predicted octanol–water partition coefficient (Wildman–Crippen LogP) is 1.28. The fraction of sp³-hybridized carbons (Fsp3) is 0.750. The van der Waals surface area contributed by atoms with E-state index < -0.39 is 0 Å². The van der Waals surface area contributed by atoms with Crippen LogP contribution in [0, 0.1) is 0 Å². The first-order valence-corrected chi connectivity index (χ1v) is 8.43. The minimum atomic E-state index is -0.0511. The standard InChI is InChI=1S/C16H26N4O2/c1-2-20-10-7-15(18-20)16(21)17-13-5-8-19(9-6-13)12-14-4-3-11-22-14/h7,10,13-14H,2-6,8-9,11-12H2,1H3,(H,17,21)/t14-/m1/s1. The van der Waals surface area contributed by atoms with Gasteiger partial charge in [0, 0.05) is 45.0 Å². The van der Waals surface area contributed by atoms with Crippen LogP contribution < -0.4 is 5.32 Å². The van der Waals surface area contributed by atoms with E-state index in [0.29, 0.717) is 11.8 Å². The van der Waals surface area contributed by atoms with Crippen LogP contribution in [0.2, 0.25) is 0 Å². The molecule has 1 atom stereocenters. The number of ether oxygens (including phenoxy) is 1. The Labute approximate surface area is 131 Å². The number of hydrogen-bond acceptors (Lipinski definition) is 4. The van der Waals surface area contributed by atoms with Crippen molar-refractivity contribution in [1.29, 1.82) is 0 Å². The van der Waals surface area contributed by atoms with Gasteiger partial charge < -0.3 is 15.0 Å². The number of hydrogen-bond donors (Lipinski definition) is 1. The van der Waals surface area contributed by atoms with Crippen LogP contribution in [-0.4, -0.2) is 59.0 Å². The first kappa shape index (κ1) is 15.5. The summed E-state index contributed by atoms with van der Waals surface area (Å²) >= 11 is 0. The van der Waals surface area contributed by atoms with E-state index in [-0.39, 0.29) is 11.9 Å². The first-order valence-electron chi connectivity index (χ1n) is 8.43. The van der Waals surface area contributed by atoms with Crippen molar-refractivity contribution in [3.8, 4) is 0 Å². The molecule has 0 aliphatic carbocycles. The Bertz CT molecular complexity index is 488. The summed E-state index contributed by atoms with van der Waals surface area (Å²) < 4.78 is 7.47. The number of nitrogens with one attached hydrogen (secondary N) is 1. The summed E-state index contributed by atoms with van der Waals surface area (Å²) in [7, 11) is 0. The number of likely N-dealkylation sites (tertiary alicyclic amines) is 1. The number of aryl methyl sites for hydroxylation is 1. The lowest BCUT2D eigenvalue weighted by Gasteiger charge is -2.33. The highest BCUT2D eigenvalue weighted by Gasteiger charge is 2.25. The van der Waals surface area contributed by atoms with E-state index in [1.807, 2.05) is 13.1 Å². The summed E-state index contributed by atoms with van der Waals surface area (Å²) in [6.07, 6.45) is 6.67. The van der Waals surface area contributed by atoms with Crippen molar-refractivity contribution < 1.29 is 9.53 Å². The third-order valence-electron chi connectivity index (χ3n) is 4.61. The van der Waals surface area contributed by atoms with Gasteiger partial charge in [-0.15, -0.1) is 0 Å². The van der Waals surface area contributed by atoms with Gasteiger partial charge in [-0.3, -0.25) is 9.48 Å². The zero-order valence-corrected chi connectivity index (χ0v) is 13.3. The summed E-state index contributed by atoms with van der Waals surface area (Å²) in [4.78, 5) is 14.6. The Balaban J connectivity index is 1.42. The highest BCUT2D eigenvalue weighted by Crippen LogP contribution is 2.17. The van der Waals surface area contributed by atoms with Crippen molar-refractivity contribution in [2.75, 3.05) is 26.2 Å². The van der Waals surface area contributed by atoms with Crippen LogP contribution in [-0.2, 0) is 11.3 Å². The molecule has 2 fully saturated rings. The number of rotatable bonds is 5. The van der Waals surface area contributed by atoms with E-state index in [0.717, 1.165) is 45.6 Å². The topological polar surface area (TPSA) is 59.4 Å². The summed E-state index contributed by atoms with van der Waals surface area (Å²) in [5, 5.41) is 7.37. The molecule has 22 heavy (non-hydrogen) atoms. The summed E-state index contributed by atoms with van der Waals surface area (Å²) in [5.74, 6) is -0.0511. The zero-order chi connectivity index (χ0) is 15.4. The van der Waals surface area contributed by atoms with E-state index in [9.17, 15) is 4.79 Å².